The van der Waals surface area contributed by atoms with E-state index >= 15 is 0 Å². The molecular weight excluding hydrogens is 321 g/mol. The Labute approximate surface area is 147 Å². The van der Waals surface area contributed by atoms with Gasteiger partial charge in [-0.1, -0.05) is 12.1 Å². The molecule has 2 heterocycles. The van der Waals surface area contributed by atoms with Gasteiger partial charge in [0.1, 0.15) is 11.6 Å². The molecule has 1 saturated heterocycles. The molecule has 1 aliphatic rings. The maximum absolute atomic E-state index is 13.0. The highest BCUT2D eigenvalue weighted by Gasteiger charge is 2.27. The summed E-state index contributed by atoms with van der Waals surface area (Å²) in [4.78, 5) is 20.9. The van der Waals surface area contributed by atoms with Gasteiger partial charge in [-0.15, -0.1) is 0 Å². The van der Waals surface area contributed by atoms with Crippen molar-refractivity contribution in [2.75, 3.05) is 26.7 Å². The van der Waals surface area contributed by atoms with Gasteiger partial charge in [-0.25, -0.2) is 9.37 Å². The second kappa shape index (κ2) is 7.74. The topological polar surface area (TPSA) is 65.1 Å². The van der Waals surface area contributed by atoms with Crippen molar-refractivity contribution in [3.05, 3.63) is 47.3 Å². The van der Waals surface area contributed by atoms with Gasteiger partial charge in [0.05, 0.1) is 6.54 Å². The van der Waals surface area contributed by atoms with Crippen molar-refractivity contribution >= 4 is 5.91 Å². The van der Waals surface area contributed by atoms with Crippen molar-refractivity contribution in [1.29, 1.82) is 0 Å². The van der Waals surface area contributed by atoms with E-state index in [2.05, 4.69) is 15.2 Å². The van der Waals surface area contributed by atoms with E-state index in [0.717, 1.165) is 36.6 Å². The van der Waals surface area contributed by atoms with Crippen LogP contribution in [0, 0.1) is 12.7 Å². The van der Waals surface area contributed by atoms with E-state index in [-0.39, 0.29) is 17.6 Å². The molecular formula is C18H24FN5O. The quantitative estimate of drug-likeness (QED) is 0.901. The number of nitrogens with one attached hydrogen (secondary N) is 1. The molecule has 1 aromatic heterocycles. The third-order valence-electron chi connectivity index (χ3n) is 4.52. The third-order valence-corrected chi connectivity index (χ3v) is 4.52. The molecule has 1 aliphatic heterocycles. The van der Waals surface area contributed by atoms with E-state index in [1.807, 2.05) is 23.8 Å². The highest BCUT2D eigenvalue weighted by molar-refractivity contribution is 5.78. The van der Waals surface area contributed by atoms with Crippen molar-refractivity contribution in [2.24, 2.45) is 0 Å². The van der Waals surface area contributed by atoms with Gasteiger partial charge >= 0.3 is 0 Å². The number of benzene rings is 1. The molecule has 2 aromatic rings. The Morgan fingerprint density at radius 1 is 1.40 bits per heavy atom. The monoisotopic (exact) mass is 345 g/mol. The molecule has 1 fully saturated rings. The number of likely N-dealkylation sites (tertiary alicyclic amines) is 1. The number of aryl methyl sites for hydroxylation is 1. The summed E-state index contributed by atoms with van der Waals surface area (Å²) < 4.78 is 13.0. The number of aromatic nitrogens is 3. The number of halogens is 1. The lowest BCUT2D eigenvalue weighted by Gasteiger charge is -2.32. The molecule has 25 heavy (non-hydrogen) atoms. The van der Waals surface area contributed by atoms with Crippen molar-refractivity contribution in [1.82, 2.24) is 25.0 Å². The standard InChI is InChI=1S/C18H24FN5O/c1-13-20-18(22-21-13)15-4-3-9-24(11-15)17(25)12-23(2)10-14-5-7-16(19)8-6-14/h5-8,15H,3-4,9-12H2,1-2H3,(H,20,21,22)/t15-/m0/s1. The molecule has 3 rings (SSSR count). The SMILES string of the molecule is Cc1nc([C@H]2CCCN(C(=O)CN(C)Cc3ccc(F)cc3)C2)n[nH]1. The predicted octanol–water partition coefficient (Wildman–Crippen LogP) is 2.09. The highest BCUT2D eigenvalue weighted by atomic mass is 19.1. The average molecular weight is 345 g/mol. The Morgan fingerprint density at radius 3 is 2.84 bits per heavy atom. The van der Waals surface area contributed by atoms with E-state index < -0.39 is 0 Å². The molecule has 1 amide bonds. The van der Waals surface area contributed by atoms with Crippen LogP contribution in [0.4, 0.5) is 4.39 Å². The molecule has 1 aromatic carbocycles. The zero-order valence-corrected chi connectivity index (χ0v) is 14.7. The minimum Gasteiger partial charge on any atom is -0.341 e. The lowest BCUT2D eigenvalue weighted by molar-refractivity contribution is -0.133. The number of amides is 1. The molecule has 1 atom stereocenters. The number of hydrogen-bond donors (Lipinski definition) is 1. The predicted molar refractivity (Wildman–Crippen MR) is 92.4 cm³/mol. The fourth-order valence-electron chi connectivity index (χ4n) is 3.25. The molecule has 1 N–H and O–H groups in total. The number of likely N-dealkylation sites (N-methyl/N-ethyl adjacent to an activating group) is 1. The summed E-state index contributed by atoms with van der Waals surface area (Å²) in [5, 5.41) is 7.12. The van der Waals surface area contributed by atoms with Crippen LogP contribution >= 0.6 is 0 Å². The number of rotatable bonds is 5. The Balaban J connectivity index is 1.54. The van der Waals surface area contributed by atoms with Crippen LogP contribution < -0.4 is 0 Å². The summed E-state index contributed by atoms with van der Waals surface area (Å²) in [6.45, 7) is 4.29. The van der Waals surface area contributed by atoms with Gasteiger partial charge in [-0.2, -0.15) is 5.10 Å². The number of nitrogens with zero attached hydrogens (tertiary/aromatic N) is 4. The maximum Gasteiger partial charge on any atom is 0.236 e. The van der Waals surface area contributed by atoms with Crippen LogP contribution in [-0.2, 0) is 11.3 Å². The minimum atomic E-state index is -0.246. The third kappa shape index (κ3) is 4.63. The summed E-state index contributed by atoms with van der Waals surface area (Å²) in [5.74, 6) is 1.67. The number of aromatic amines is 1. The van der Waals surface area contributed by atoms with E-state index in [1.54, 1.807) is 12.1 Å². The first kappa shape index (κ1) is 17.5. The first-order valence-electron chi connectivity index (χ1n) is 8.61. The van der Waals surface area contributed by atoms with Gasteiger partial charge < -0.3 is 4.90 Å². The van der Waals surface area contributed by atoms with Crippen LogP contribution in [0.2, 0.25) is 0 Å². The fourth-order valence-corrected chi connectivity index (χ4v) is 3.25. The van der Waals surface area contributed by atoms with Crippen LogP contribution in [0.1, 0.15) is 36.0 Å². The van der Waals surface area contributed by atoms with Gasteiger partial charge in [0.15, 0.2) is 5.82 Å². The summed E-state index contributed by atoms with van der Waals surface area (Å²) in [6, 6.07) is 6.38. The summed E-state index contributed by atoms with van der Waals surface area (Å²) in [5.41, 5.74) is 0.990. The average Bonchev–Trinajstić information content (AvgIpc) is 3.03. The van der Waals surface area contributed by atoms with Crippen molar-refractivity contribution in [3.8, 4) is 0 Å². The molecule has 7 heteroatoms. The van der Waals surface area contributed by atoms with Crippen LogP contribution in [0.25, 0.3) is 0 Å². The molecule has 0 radical (unpaired) electrons. The number of hydrogen-bond acceptors (Lipinski definition) is 4. The van der Waals surface area contributed by atoms with E-state index in [0.29, 0.717) is 19.6 Å². The zero-order valence-electron chi connectivity index (χ0n) is 14.7. The molecule has 0 saturated carbocycles. The molecule has 0 bridgehead atoms. The van der Waals surface area contributed by atoms with E-state index in [9.17, 15) is 9.18 Å². The minimum absolute atomic E-state index is 0.113. The van der Waals surface area contributed by atoms with Gasteiger partial charge in [0.25, 0.3) is 0 Å². The summed E-state index contributed by atoms with van der Waals surface area (Å²) in [7, 11) is 1.90. The second-order valence-corrected chi connectivity index (χ2v) is 6.76. The van der Waals surface area contributed by atoms with E-state index in [4.69, 9.17) is 0 Å². The number of H-pyrrole nitrogens is 1. The van der Waals surface area contributed by atoms with Gasteiger partial charge in [-0.05, 0) is 44.5 Å². The van der Waals surface area contributed by atoms with Crippen LogP contribution in [0.5, 0.6) is 0 Å². The van der Waals surface area contributed by atoms with Crippen LogP contribution in [0.3, 0.4) is 0 Å². The zero-order chi connectivity index (χ0) is 17.8. The van der Waals surface area contributed by atoms with Crippen LogP contribution in [-0.4, -0.2) is 57.6 Å². The maximum atomic E-state index is 13.0. The molecule has 0 spiro atoms. The van der Waals surface area contributed by atoms with E-state index in [1.165, 1.54) is 12.1 Å². The first-order valence-corrected chi connectivity index (χ1v) is 8.61. The lowest BCUT2D eigenvalue weighted by atomic mass is 9.97. The highest BCUT2D eigenvalue weighted by Crippen LogP contribution is 2.24. The van der Waals surface area contributed by atoms with Gasteiger partial charge in [0, 0.05) is 25.6 Å². The number of carbonyl (C=O) groups is 1. The Morgan fingerprint density at radius 2 is 2.16 bits per heavy atom. The second-order valence-electron chi connectivity index (χ2n) is 6.76. The summed E-state index contributed by atoms with van der Waals surface area (Å²) in [6.07, 6.45) is 1.97. The first-order chi connectivity index (χ1) is 12.0. The van der Waals surface area contributed by atoms with Gasteiger partial charge in [0.2, 0.25) is 5.91 Å². The fraction of sp³-hybridized carbons (Fsp3) is 0.500. The van der Waals surface area contributed by atoms with Crippen molar-refractivity contribution in [2.45, 2.75) is 32.2 Å². The largest absolute Gasteiger partial charge is 0.341 e. The molecule has 0 unspecified atom stereocenters. The molecule has 6 nitrogen and oxygen atoms in total. The lowest BCUT2D eigenvalue weighted by Crippen LogP contribution is -2.43. The number of piperidine rings is 1. The van der Waals surface area contributed by atoms with Crippen molar-refractivity contribution in [3.63, 3.8) is 0 Å². The Bertz CT molecular complexity index is 715. The summed E-state index contributed by atoms with van der Waals surface area (Å²) >= 11 is 0. The molecule has 0 aliphatic carbocycles. The van der Waals surface area contributed by atoms with Crippen LogP contribution in [0.15, 0.2) is 24.3 Å². The number of carbonyl (C=O) groups excluding carboxylic acids is 1. The Kier molecular flexibility index (Phi) is 5.43. The Hall–Kier alpha value is -2.28. The van der Waals surface area contributed by atoms with Crippen molar-refractivity contribution < 1.29 is 9.18 Å². The smallest absolute Gasteiger partial charge is 0.236 e. The molecule has 134 valence electrons. The normalized spacial score (nSPS) is 17.9. The van der Waals surface area contributed by atoms with Gasteiger partial charge in [-0.3, -0.25) is 14.8 Å².